The predicted octanol–water partition coefficient (Wildman–Crippen LogP) is 4.06. The van der Waals surface area contributed by atoms with Gasteiger partial charge in [0, 0.05) is 5.41 Å². The molecule has 1 nitrogen and oxygen atoms in total. The lowest BCUT2D eigenvalue weighted by Gasteiger charge is -2.38. The molecule has 0 amide bonds. The highest BCUT2D eigenvalue weighted by molar-refractivity contribution is 5.39. The summed E-state index contributed by atoms with van der Waals surface area (Å²) in [5, 5.41) is 10.2. The fourth-order valence-electron chi connectivity index (χ4n) is 3.69. The molecule has 1 heteroatoms. The molecule has 0 aromatic heterocycles. The van der Waals surface area contributed by atoms with Gasteiger partial charge in [-0.05, 0) is 54.4 Å². The Labute approximate surface area is 127 Å². The van der Waals surface area contributed by atoms with Crippen LogP contribution in [0.1, 0.15) is 42.0 Å². The molecule has 0 fully saturated rings. The highest BCUT2D eigenvalue weighted by Crippen LogP contribution is 2.39. The second kappa shape index (κ2) is 6.03. The van der Waals surface area contributed by atoms with Gasteiger partial charge in [-0.1, -0.05) is 55.5 Å². The molecule has 2 aromatic carbocycles. The van der Waals surface area contributed by atoms with E-state index >= 15 is 0 Å². The van der Waals surface area contributed by atoms with Gasteiger partial charge in [-0.2, -0.15) is 0 Å². The minimum atomic E-state index is -0.0947. The van der Waals surface area contributed by atoms with E-state index in [4.69, 9.17) is 0 Å². The van der Waals surface area contributed by atoms with Gasteiger partial charge >= 0.3 is 0 Å². The molecular weight excluding hydrogens is 256 g/mol. The van der Waals surface area contributed by atoms with Crippen molar-refractivity contribution < 1.29 is 5.11 Å². The number of hydrogen-bond donors (Lipinski definition) is 1. The van der Waals surface area contributed by atoms with E-state index in [1.807, 2.05) is 0 Å². The first-order valence-corrected chi connectivity index (χ1v) is 8.04. The van der Waals surface area contributed by atoms with Gasteiger partial charge in [0.25, 0.3) is 0 Å². The van der Waals surface area contributed by atoms with Gasteiger partial charge in [0.1, 0.15) is 0 Å². The summed E-state index contributed by atoms with van der Waals surface area (Å²) < 4.78 is 0. The Morgan fingerprint density at radius 3 is 2.43 bits per heavy atom. The minimum absolute atomic E-state index is 0.0947. The summed E-state index contributed by atoms with van der Waals surface area (Å²) in [7, 11) is 0. The predicted molar refractivity (Wildman–Crippen MR) is 87.7 cm³/mol. The van der Waals surface area contributed by atoms with E-state index in [9.17, 15) is 5.11 Å². The second-order valence-electron chi connectivity index (χ2n) is 6.30. The summed E-state index contributed by atoms with van der Waals surface area (Å²) in [6, 6.07) is 17.5. The zero-order chi connectivity index (χ0) is 14.7. The maximum absolute atomic E-state index is 10.2. The van der Waals surface area contributed by atoms with Crippen LogP contribution >= 0.6 is 0 Å². The Hall–Kier alpha value is -1.60. The van der Waals surface area contributed by atoms with Crippen molar-refractivity contribution in [3.8, 4) is 0 Å². The van der Waals surface area contributed by atoms with Crippen molar-refractivity contribution in [2.24, 2.45) is 0 Å². The maximum atomic E-state index is 10.2. The third-order valence-electron chi connectivity index (χ3n) is 4.97. The SMILES string of the molecule is CCc1ccc(CC2(CO)CCCc3ccccc32)cc1. The molecule has 0 aliphatic heterocycles. The van der Waals surface area contributed by atoms with E-state index in [1.54, 1.807) is 0 Å². The first-order valence-electron chi connectivity index (χ1n) is 8.04. The molecular formula is C20H24O. The van der Waals surface area contributed by atoms with Crippen LogP contribution in [-0.2, 0) is 24.7 Å². The lowest BCUT2D eigenvalue weighted by molar-refractivity contribution is 0.173. The van der Waals surface area contributed by atoms with E-state index in [-0.39, 0.29) is 12.0 Å². The van der Waals surface area contributed by atoms with Crippen molar-refractivity contribution in [1.29, 1.82) is 0 Å². The molecule has 110 valence electrons. The molecule has 0 bridgehead atoms. The van der Waals surface area contributed by atoms with E-state index in [0.29, 0.717) is 0 Å². The average Bonchev–Trinajstić information content (AvgIpc) is 2.56. The molecule has 0 spiro atoms. The van der Waals surface area contributed by atoms with Crippen molar-refractivity contribution in [1.82, 2.24) is 0 Å². The number of fused-ring (bicyclic) bond motifs is 1. The van der Waals surface area contributed by atoms with E-state index < -0.39 is 0 Å². The van der Waals surface area contributed by atoms with Crippen LogP contribution in [-0.4, -0.2) is 11.7 Å². The highest BCUT2D eigenvalue weighted by Gasteiger charge is 2.35. The summed E-state index contributed by atoms with van der Waals surface area (Å²) in [6.45, 7) is 2.42. The Balaban J connectivity index is 1.94. The largest absolute Gasteiger partial charge is 0.395 e. The van der Waals surface area contributed by atoms with Crippen molar-refractivity contribution in [3.05, 3.63) is 70.8 Å². The lowest BCUT2D eigenvalue weighted by atomic mass is 9.67. The molecule has 2 aromatic rings. The quantitative estimate of drug-likeness (QED) is 0.895. The third kappa shape index (κ3) is 2.75. The summed E-state index contributed by atoms with van der Waals surface area (Å²) in [5.74, 6) is 0. The van der Waals surface area contributed by atoms with Gasteiger partial charge in [0.15, 0.2) is 0 Å². The highest BCUT2D eigenvalue weighted by atomic mass is 16.3. The van der Waals surface area contributed by atoms with Crippen LogP contribution in [0.15, 0.2) is 48.5 Å². The van der Waals surface area contributed by atoms with Gasteiger partial charge in [0.05, 0.1) is 6.61 Å². The second-order valence-corrected chi connectivity index (χ2v) is 6.30. The molecule has 1 aliphatic carbocycles. The summed E-state index contributed by atoms with van der Waals surface area (Å²) in [4.78, 5) is 0. The number of aliphatic hydroxyl groups excluding tert-OH is 1. The minimum Gasteiger partial charge on any atom is -0.395 e. The zero-order valence-electron chi connectivity index (χ0n) is 12.8. The number of benzene rings is 2. The monoisotopic (exact) mass is 280 g/mol. The van der Waals surface area contributed by atoms with Crippen molar-refractivity contribution in [2.45, 2.75) is 44.4 Å². The summed E-state index contributed by atoms with van der Waals surface area (Å²) >= 11 is 0. The van der Waals surface area contributed by atoms with Crippen LogP contribution < -0.4 is 0 Å². The topological polar surface area (TPSA) is 20.2 Å². The molecule has 1 aliphatic rings. The van der Waals surface area contributed by atoms with Crippen LogP contribution in [0, 0.1) is 0 Å². The number of aryl methyl sites for hydroxylation is 2. The first-order chi connectivity index (χ1) is 10.3. The van der Waals surface area contributed by atoms with Crippen LogP contribution in [0.2, 0.25) is 0 Å². The summed E-state index contributed by atoms with van der Waals surface area (Å²) in [6.07, 6.45) is 5.41. The van der Waals surface area contributed by atoms with Crippen LogP contribution in [0.25, 0.3) is 0 Å². The van der Waals surface area contributed by atoms with Crippen molar-refractivity contribution in [2.75, 3.05) is 6.61 Å². The normalized spacial score (nSPS) is 21.0. The zero-order valence-corrected chi connectivity index (χ0v) is 12.8. The Kier molecular flexibility index (Phi) is 4.12. The van der Waals surface area contributed by atoms with Crippen molar-refractivity contribution >= 4 is 0 Å². The molecule has 0 radical (unpaired) electrons. The van der Waals surface area contributed by atoms with Gasteiger partial charge in [0.2, 0.25) is 0 Å². The molecule has 1 unspecified atom stereocenters. The van der Waals surface area contributed by atoms with Crippen LogP contribution in [0.5, 0.6) is 0 Å². The molecule has 3 rings (SSSR count). The molecule has 21 heavy (non-hydrogen) atoms. The fourth-order valence-corrected chi connectivity index (χ4v) is 3.69. The average molecular weight is 280 g/mol. The number of rotatable bonds is 4. The van der Waals surface area contributed by atoms with Gasteiger partial charge in [-0.15, -0.1) is 0 Å². The molecule has 1 N–H and O–H groups in total. The van der Waals surface area contributed by atoms with Gasteiger partial charge in [-0.25, -0.2) is 0 Å². The smallest absolute Gasteiger partial charge is 0.0531 e. The molecule has 1 atom stereocenters. The number of hydrogen-bond acceptors (Lipinski definition) is 1. The Bertz CT molecular complexity index is 599. The van der Waals surface area contributed by atoms with E-state index in [0.717, 1.165) is 25.7 Å². The van der Waals surface area contributed by atoms with Crippen LogP contribution in [0.4, 0.5) is 0 Å². The number of aliphatic hydroxyl groups is 1. The van der Waals surface area contributed by atoms with Crippen LogP contribution in [0.3, 0.4) is 0 Å². The molecule has 0 heterocycles. The third-order valence-corrected chi connectivity index (χ3v) is 4.97. The Morgan fingerprint density at radius 2 is 1.71 bits per heavy atom. The van der Waals surface area contributed by atoms with E-state index in [1.165, 1.54) is 28.7 Å². The Morgan fingerprint density at radius 1 is 1.00 bits per heavy atom. The molecule has 0 saturated heterocycles. The van der Waals surface area contributed by atoms with Gasteiger partial charge in [-0.3, -0.25) is 0 Å². The lowest BCUT2D eigenvalue weighted by Crippen LogP contribution is -2.37. The van der Waals surface area contributed by atoms with Gasteiger partial charge < -0.3 is 5.11 Å². The van der Waals surface area contributed by atoms with E-state index in [2.05, 4.69) is 55.5 Å². The maximum Gasteiger partial charge on any atom is 0.0531 e. The first kappa shape index (κ1) is 14.3. The fraction of sp³-hybridized carbons (Fsp3) is 0.400. The van der Waals surface area contributed by atoms with Crippen molar-refractivity contribution in [3.63, 3.8) is 0 Å². The molecule has 0 saturated carbocycles. The summed E-state index contributed by atoms with van der Waals surface area (Å²) in [5.41, 5.74) is 5.39. The standard InChI is InChI=1S/C20H24O/c1-2-16-9-11-17(12-10-16)14-20(15-21)13-5-7-18-6-3-4-8-19(18)20/h3-4,6,8-12,21H,2,5,7,13-15H2,1H3.